The summed E-state index contributed by atoms with van der Waals surface area (Å²) in [6, 6.07) is 9.36. The van der Waals surface area contributed by atoms with Gasteiger partial charge in [0.05, 0.1) is 25.9 Å². The van der Waals surface area contributed by atoms with Crippen LogP contribution in [0, 0.1) is 0 Å². The Morgan fingerprint density at radius 2 is 1.75 bits per heavy atom. The molecule has 0 saturated carbocycles. The fourth-order valence-electron chi connectivity index (χ4n) is 1.98. The highest BCUT2D eigenvalue weighted by Crippen LogP contribution is 2.31. The van der Waals surface area contributed by atoms with Crippen molar-refractivity contribution in [3.8, 4) is 22.9 Å². The van der Waals surface area contributed by atoms with E-state index in [-0.39, 0.29) is 0 Å². The third kappa shape index (κ3) is 2.14. The van der Waals surface area contributed by atoms with Crippen LogP contribution in [0.15, 0.2) is 42.7 Å². The highest BCUT2D eigenvalue weighted by atomic mass is 16.5. The number of methoxy groups -OCH3 is 2. The molecule has 5 heteroatoms. The summed E-state index contributed by atoms with van der Waals surface area (Å²) in [5.41, 5.74) is 2.46. The molecule has 2 aromatic heterocycles. The van der Waals surface area contributed by atoms with Crippen LogP contribution in [0.25, 0.3) is 22.4 Å². The molecule has 3 rings (SSSR count). The summed E-state index contributed by atoms with van der Waals surface area (Å²) < 4.78 is 10.5. The van der Waals surface area contributed by atoms with Gasteiger partial charge in [0, 0.05) is 11.8 Å². The van der Waals surface area contributed by atoms with Crippen LogP contribution in [-0.4, -0.2) is 29.2 Å². The van der Waals surface area contributed by atoms with Gasteiger partial charge in [-0.1, -0.05) is 0 Å². The molecule has 0 fully saturated rings. The molecule has 0 aliphatic heterocycles. The normalized spacial score (nSPS) is 10.5. The van der Waals surface area contributed by atoms with Crippen molar-refractivity contribution < 1.29 is 9.47 Å². The van der Waals surface area contributed by atoms with Gasteiger partial charge in [-0.15, -0.1) is 0 Å². The monoisotopic (exact) mass is 267 g/mol. The molecule has 0 bridgehead atoms. The van der Waals surface area contributed by atoms with Gasteiger partial charge in [-0.2, -0.15) is 0 Å². The van der Waals surface area contributed by atoms with Crippen LogP contribution >= 0.6 is 0 Å². The molecule has 3 aromatic rings. The van der Waals surface area contributed by atoms with Gasteiger partial charge in [0.2, 0.25) is 0 Å². The van der Waals surface area contributed by atoms with Gasteiger partial charge in [-0.25, -0.2) is 9.97 Å². The zero-order valence-electron chi connectivity index (χ0n) is 11.2. The molecular formula is C15H13N3O2. The molecule has 0 N–H and O–H groups in total. The van der Waals surface area contributed by atoms with Crippen molar-refractivity contribution in [2.45, 2.75) is 0 Å². The Hall–Kier alpha value is -2.69. The zero-order valence-corrected chi connectivity index (χ0v) is 11.2. The van der Waals surface area contributed by atoms with Crippen molar-refractivity contribution >= 4 is 11.0 Å². The number of hydrogen-bond donors (Lipinski definition) is 0. The predicted octanol–water partition coefficient (Wildman–Crippen LogP) is 2.71. The lowest BCUT2D eigenvalue weighted by molar-refractivity contribution is 0.355. The van der Waals surface area contributed by atoms with Crippen LogP contribution in [0.1, 0.15) is 0 Å². The minimum atomic E-state index is 0.631. The molecule has 0 atom stereocenters. The summed E-state index contributed by atoms with van der Waals surface area (Å²) >= 11 is 0. The Morgan fingerprint density at radius 3 is 2.55 bits per heavy atom. The van der Waals surface area contributed by atoms with E-state index in [0.717, 1.165) is 16.6 Å². The summed E-state index contributed by atoms with van der Waals surface area (Å²) in [5.74, 6) is 1.96. The van der Waals surface area contributed by atoms with E-state index in [0.29, 0.717) is 17.3 Å². The smallest absolute Gasteiger partial charge is 0.161 e. The molecule has 2 heterocycles. The Bertz CT molecular complexity index is 759. The average Bonchev–Trinajstić information content (AvgIpc) is 2.53. The summed E-state index contributed by atoms with van der Waals surface area (Å²) in [6.07, 6.45) is 3.44. The molecule has 100 valence electrons. The molecule has 0 saturated heterocycles. The van der Waals surface area contributed by atoms with Crippen molar-refractivity contribution in [3.63, 3.8) is 0 Å². The number of rotatable bonds is 3. The van der Waals surface area contributed by atoms with Gasteiger partial charge in [0.25, 0.3) is 0 Å². The quantitative estimate of drug-likeness (QED) is 0.730. The lowest BCUT2D eigenvalue weighted by atomic mass is 10.2. The fraction of sp³-hybridized carbons (Fsp3) is 0.133. The molecule has 5 nitrogen and oxygen atoms in total. The standard InChI is InChI=1S/C15H13N3O2/c1-19-13-6-5-10(8-14(13)20-2)15-17-9-12-11(18-15)4-3-7-16-12/h3-9H,1-2H3. The lowest BCUT2D eigenvalue weighted by Crippen LogP contribution is -1.94. The largest absolute Gasteiger partial charge is 0.493 e. The Balaban J connectivity index is 2.10. The second kappa shape index (κ2) is 5.13. The number of fused-ring (bicyclic) bond motifs is 1. The molecule has 0 radical (unpaired) electrons. The molecule has 0 unspecified atom stereocenters. The maximum Gasteiger partial charge on any atom is 0.161 e. The van der Waals surface area contributed by atoms with Crippen LogP contribution in [-0.2, 0) is 0 Å². The van der Waals surface area contributed by atoms with Gasteiger partial charge in [0.1, 0.15) is 5.52 Å². The van der Waals surface area contributed by atoms with E-state index in [1.807, 2.05) is 30.3 Å². The highest BCUT2D eigenvalue weighted by molar-refractivity contribution is 5.75. The zero-order chi connectivity index (χ0) is 13.9. The van der Waals surface area contributed by atoms with Gasteiger partial charge in [0.15, 0.2) is 17.3 Å². The van der Waals surface area contributed by atoms with Gasteiger partial charge < -0.3 is 9.47 Å². The first-order valence-corrected chi connectivity index (χ1v) is 6.12. The highest BCUT2D eigenvalue weighted by Gasteiger charge is 2.08. The van der Waals surface area contributed by atoms with E-state index >= 15 is 0 Å². The average molecular weight is 267 g/mol. The Labute approximate surface area is 116 Å². The Kier molecular flexibility index (Phi) is 3.16. The first-order chi connectivity index (χ1) is 9.81. The van der Waals surface area contributed by atoms with Crippen LogP contribution < -0.4 is 9.47 Å². The van der Waals surface area contributed by atoms with E-state index in [1.165, 1.54) is 0 Å². The van der Waals surface area contributed by atoms with E-state index in [1.54, 1.807) is 26.6 Å². The number of ether oxygens (including phenoxy) is 2. The van der Waals surface area contributed by atoms with Crippen molar-refractivity contribution in [1.82, 2.24) is 15.0 Å². The maximum absolute atomic E-state index is 5.29. The summed E-state index contributed by atoms with van der Waals surface area (Å²) in [5, 5.41) is 0. The molecular weight excluding hydrogens is 254 g/mol. The molecule has 0 spiro atoms. The van der Waals surface area contributed by atoms with Crippen molar-refractivity contribution in [3.05, 3.63) is 42.7 Å². The minimum absolute atomic E-state index is 0.631. The number of nitrogens with zero attached hydrogens (tertiary/aromatic N) is 3. The minimum Gasteiger partial charge on any atom is -0.493 e. The van der Waals surface area contributed by atoms with Crippen molar-refractivity contribution in [2.75, 3.05) is 14.2 Å². The Morgan fingerprint density at radius 1 is 0.900 bits per heavy atom. The molecule has 0 amide bonds. The first kappa shape index (κ1) is 12.3. The second-order valence-corrected chi connectivity index (χ2v) is 4.17. The van der Waals surface area contributed by atoms with E-state index in [4.69, 9.17) is 9.47 Å². The number of pyridine rings is 1. The number of aromatic nitrogens is 3. The van der Waals surface area contributed by atoms with Gasteiger partial charge in [-0.05, 0) is 30.3 Å². The van der Waals surface area contributed by atoms with E-state index in [2.05, 4.69) is 15.0 Å². The van der Waals surface area contributed by atoms with E-state index < -0.39 is 0 Å². The SMILES string of the molecule is COc1ccc(-c2ncc3ncccc3n2)cc1OC. The van der Waals surface area contributed by atoms with Gasteiger partial charge in [-0.3, -0.25) is 4.98 Å². The maximum atomic E-state index is 5.29. The summed E-state index contributed by atoms with van der Waals surface area (Å²) in [6.45, 7) is 0. The number of benzene rings is 1. The van der Waals surface area contributed by atoms with Crippen LogP contribution in [0.5, 0.6) is 11.5 Å². The second-order valence-electron chi connectivity index (χ2n) is 4.17. The topological polar surface area (TPSA) is 57.1 Å². The molecule has 0 aliphatic rings. The van der Waals surface area contributed by atoms with Gasteiger partial charge >= 0.3 is 0 Å². The molecule has 0 aliphatic carbocycles. The number of hydrogen-bond acceptors (Lipinski definition) is 5. The molecule has 20 heavy (non-hydrogen) atoms. The van der Waals surface area contributed by atoms with Crippen LogP contribution in [0.3, 0.4) is 0 Å². The third-order valence-electron chi connectivity index (χ3n) is 2.99. The van der Waals surface area contributed by atoms with Crippen LogP contribution in [0.4, 0.5) is 0 Å². The summed E-state index contributed by atoms with van der Waals surface area (Å²) in [7, 11) is 3.21. The van der Waals surface area contributed by atoms with Crippen molar-refractivity contribution in [1.29, 1.82) is 0 Å². The first-order valence-electron chi connectivity index (χ1n) is 6.12. The van der Waals surface area contributed by atoms with Crippen molar-refractivity contribution in [2.24, 2.45) is 0 Å². The lowest BCUT2D eigenvalue weighted by Gasteiger charge is -2.09. The summed E-state index contributed by atoms with van der Waals surface area (Å²) in [4.78, 5) is 13.1. The predicted molar refractivity (Wildman–Crippen MR) is 75.9 cm³/mol. The fourth-order valence-corrected chi connectivity index (χ4v) is 1.98. The van der Waals surface area contributed by atoms with E-state index in [9.17, 15) is 0 Å². The van der Waals surface area contributed by atoms with Crippen LogP contribution in [0.2, 0.25) is 0 Å². The molecule has 1 aromatic carbocycles. The third-order valence-corrected chi connectivity index (χ3v) is 2.99.